The number of hydrogen-bond donors (Lipinski definition) is 2. The van der Waals surface area contributed by atoms with Crippen LogP contribution in [-0.2, 0) is 20.7 Å². The van der Waals surface area contributed by atoms with Crippen molar-refractivity contribution in [1.82, 2.24) is 9.88 Å². The van der Waals surface area contributed by atoms with E-state index in [0.717, 1.165) is 63.6 Å². The number of aryl methyl sites for hydroxylation is 1. The average molecular weight is 528 g/mol. The predicted molar refractivity (Wildman–Crippen MR) is 145 cm³/mol. The summed E-state index contributed by atoms with van der Waals surface area (Å²) in [6, 6.07) is 3.72. The molecule has 2 fully saturated rings. The number of likely N-dealkylation sites (tertiary alicyclic amines) is 1. The zero-order valence-electron chi connectivity index (χ0n) is 22.5. The normalized spacial score (nSPS) is 30.6. The molecule has 0 radical (unpaired) electrons. The van der Waals surface area contributed by atoms with Crippen molar-refractivity contribution in [3.05, 3.63) is 47.4 Å². The molecule has 8 heteroatoms. The van der Waals surface area contributed by atoms with Gasteiger partial charge in [-0.3, -0.25) is 9.69 Å². The molecule has 0 bridgehead atoms. The summed E-state index contributed by atoms with van der Waals surface area (Å²) in [6.07, 6.45) is 14.3. The first-order chi connectivity index (χ1) is 18.4. The highest BCUT2D eigenvalue weighted by molar-refractivity contribution is 5.78. The Morgan fingerprint density at radius 1 is 1.34 bits per heavy atom. The lowest BCUT2D eigenvalue weighted by atomic mass is 9.67. The Morgan fingerprint density at radius 3 is 3.05 bits per heavy atom. The summed E-state index contributed by atoms with van der Waals surface area (Å²) in [6.45, 7) is 4.58. The topological polar surface area (TPSA) is 83.9 Å². The number of halogens is 1. The molecule has 208 valence electrons. The number of allylic oxidation sites excluding steroid dienone is 3. The Morgan fingerprint density at radius 2 is 2.24 bits per heavy atom. The number of aromatic nitrogens is 1. The second kappa shape index (κ2) is 12.3. The Kier molecular flexibility index (Phi) is 8.81. The molecule has 7 nitrogen and oxygen atoms in total. The summed E-state index contributed by atoms with van der Waals surface area (Å²) in [5.74, 6) is -0.253. The van der Waals surface area contributed by atoms with Crippen molar-refractivity contribution >= 4 is 11.8 Å². The van der Waals surface area contributed by atoms with Gasteiger partial charge >= 0.3 is 5.97 Å². The number of carboxylic acids is 1. The number of unbranched alkanes of at least 4 members (excludes halogenated alkanes) is 1. The number of rotatable bonds is 10. The highest BCUT2D eigenvalue weighted by atomic mass is 19.1. The Hall–Kier alpha value is -2.29. The van der Waals surface area contributed by atoms with E-state index in [1.54, 1.807) is 6.08 Å². The van der Waals surface area contributed by atoms with Gasteiger partial charge in [0.25, 0.3) is 0 Å². The first-order valence-corrected chi connectivity index (χ1v) is 14.4. The van der Waals surface area contributed by atoms with Crippen molar-refractivity contribution in [2.45, 2.75) is 95.4 Å². The maximum atomic E-state index is 14.5. The van der Waals surface area contributed by atoms with Crippen LogP contribution in [0, 0.1) is 5.41 Å². The first-order valence-electron chi connectivity index (χ1n) is 14.4. The average Bonchev–Trinajstić information content (AvgIpc) is 3.39. The fourth-order valence-electron chi connectivity index (χ4n) is 6.69. The van der Waals surface area contributed by atoms with Crippen molar-refractivity contribution in [3.63, 3.8) is 0 Å². The van der Waals surface area contributed by atoms with E-state index in [1.165, 1.54) is 11.6 Å². The molecule has 5 rings (SSSR count). The molecule has 5 atom stereocenters. The van der Waals surface area contributed by atoms with E-state index < -0.39 is 17.4 Å². The lowest BCUT2D eigenvalue weighted by molar-refractivity contribution is -0.142. The van der Waals surface area contributed by atoms with Crippen LogP contribution in [0.1, 0.15) is 70.3 Å². The van der Waals surface area contributed by atoms with E-state index in [1.807, 2.05) is 24.1 Å². The van der Waals surface area contributed by atoms with E-state index >= 15 is 0 Å². The van der Waals surface area contributed by atoms with Gasteiger partial charge in [-0.2, -0.15) is 0 Å². The second-order valence-corrected chi connectivity index (χ2v) is 11.6. The zero-order valence-corrected chi connectivity index (χ0v) is 22.5. The Labute approximate surface area is 225 Å². The minimum Gasteiger partial charge on any atom is -0.480 e. The van der Waals surface area contributed by atoms with E-state index in [0.29, 0.717) is 44.3 Å². The van der Waals surface area contributed by atoms with Gasteiger partial charge in [-0.05, 0) is 93.6 Å². The van der Waals surface area contributed by atoms with Crippen molar-refractivity contribution in [3.8, 4) is 0 Å². The fraction of sp³-hybridized carbons (Fsp3) is 0.667. The van der Waals surface area contributed by atoms with Crippen LogP contribution in [0.3, 0.4) is 0 Å². The number of carbonyl (C=O) groups is 1. The largest absolute Gasteiger partial charge is 0.480 e. The minimum absolute atomic E-state index is 0.00231. The number of fused-ring (bicyclic) bond motifs is 1. The molecule has 0 amide bonds. The Bertz CT molecular complexity index is 1040. The van der Waals surface area contributed by atoms with Gasteiger partial charge in [-0.25, -0.2) is 9.37 Å². The first kappa shape index (κ1) is 27.3. The summed E-state index contributed by atoms with van der Waals surface area (Å²) < 4.78 is 26.8. The third kappa shape index (κ3) is 6.13. The van der Waals surface area contributed by atoms with E-state index in [-0.39, 0.29) is 18.0 Å². The van der Waals surface area contributed by atoms with Gasteiger partial charge in [0.05, 0.1) is 12.2 Å². The molecule has 1 aromatic rings. The lowest BCUT2D eigenvalue weighted by Gasteiger charge is -2.45. The minimum atomic E-state index is -0.926. The van der Waals surface area contributed by atoms with Crippen LogP contribution in [0.4, 0.5) is 10.2 Å². The highest BCUT2D eigenvalue weighted by Gasteiger charge is 2.47. The maximum absolute atomic E-state index is 14.5. The fourth-order valence-corrected chi connectivity index (χ4v) is 6.69. The summed E-state index contributed by atoms with van der Waals surface area (Å²) in [5, 5.41) is 13.9. The van der Waals surface area contributed by atoms with Crippen LogP contribution in [0.25, 0.3) is 0 Å². The molecule has 0 saturated carbocycles. The van der Waals surface area contributed by atoms with Crippen LogP contribution in [-0.4, -0.2) is 71.6 Å². The number of nitrogens with zero attached hydrogens (tertiary/aromatic N) is 2. The number of pyridine rings is 1. The number of carboxylic acid groups (broad SMARTS) is 1. The van der Waals surface area contributed by atoms with Crippen LogP contribution in [0.2, 0.25) is 0 Å². The van der Waals surface area contributed by atoms with Crippen molar-refractivity contribution < 1.29 is 23.8 Å². The van der Waals surface area contributed by atoms with E-state index in [2.05, 4.69) is 16.4 Å². The van der Waals surface area contributed by atoms with Crippen LogP contribution in [0.15, 0.2) is 41.9 Å². The quantitative estimate of drug-likeness (QED) is 0.401. The van der Waals surface area contributed by atoms with Crippen molar-refractivity contribution in [2.24, 2.45) is 5.41 Å². The highest BCUT2D eigenvalue weighted by Crippen LogP contribution is 2.46. The Balaban J connectivity index is 1.12. The molecule has 1 aromatic heterocycles. The third-order valence-electron chi connectivity index (χ3n) is 8.93. The number of nitrogens with one attached hydrogen (secondary N) is 1. The van der Waals surface area contributed by atoms with Crippen LogP contribution < -0.4 is 5.32 Å². The molecule has 4 aliphatic rings. The molecule has 4 heterocycles. The molecule has 38 heavy (non-hydrogen) atoms. The van der Waals surface area contributed by atoms with Crippen LogP contribution in [0.5, 0.6) is 0 Å². The van der Waals surface area contributed by atoms with Gasteiger partial charge in [0, 0.05) is 44.0 Å². The molecular formula is C30H42FN3O4. The SMILES string of the molecule is CC1([C@@H]2CCCCO2)CC=C(F)C=C1[C@H](C(=O)O)N1CC[C@@H](OCCCC[C@H]2CCc3cccnc3N2)C1. The maximum Gasteiger partial charge on any atom is 0.325 e. The number of ether oxygens (including phenoxy) is 2. The van der Waals surface area contributed by atoms with Gasteiger partial charge < -0.3 is 19.9 Å². The van der Waals surface area contributed by atoms with Crippen molar-refractivity contribution in [2.75, 3.05) is 31.6 Å². The zero-order chi connectivity index (χ0) is 26.5. The molecular weight excluding hydrogens is 485 g/mol. The summed E-state index contributed by atoms with van der Waals surface area (Å²) in [7, 11) is 0. The van der Waals surface area contributed by atoms with Crippen molar-refractivity contribution in [1.29, 1.82) is 0 Å². The molecule has 3 aliphatic heterocycles. The number of aliphatic carboxylic acids is 1. The van der Waals surface area contributed by atoms with Crippen LogP contribution >= 0.6 is 0 Å². The molecule has 1 aliphatic carbocycles. The summed E-state index contributed by atoms with van der Waals surface area (Å²) in [5.41, 5.74) is 1.40. The molecule has 0 aromatic carbocycles. The standard InChI is InChI=1S/C30H42FN3O4/c1-30(26-9-3-5-18-38-26)14-12-22(31)19-25(30)27(29(35)36)34-16-13-24(20-34)37-17-4-2-8-23-11-10-21-7-6-15-32-28(21)33-23/h6-7,12,15,19,23-24,26-27H,2-5,8-11,13-14,16-18,20H2,1H3,(H,32,33)(H,35,36)/t23-,24+,26-,27+,30?/m0/s1. The molecule has 2 N–H and O–H groups in total. The van der Waals surface area contributed by atoms with E-state index in [4.69, 9.17) is 9.47 Å². The van der Waals surface area contributed by atoms with Gasteiger partial charge in [-0.1, -0.05) is 13.0 Å². The van der Waals surface area contributed by atoms with Gasteiger partial charge in [-0.15, -0.1) is 0 Å². The second-order valence-electron chi connectivity index (χ2n) is 11.6. The number of anilines is 1. The smallest absolute Gasteiger partial charge is 0.325 e. The summed E-state index contributed by atoms with van der Waals surface area (Å²) in [4.78, 5) is 19.0. The molecule has 0 spiro atoms. The lowest BCUT2D eigenvalue weighted by Crippen LogP contribution is -2.50. The van der Waals surface area contributed by atoms with E-state index in [9.17, 15) is 14.3 Å². The van der Waals surface area contributed by atoms with Gasteiger partial charge in [0.1, 0.15) is 17.7 Å². The molecule has 2 saturated heterocycles. The third-order valence-corrected chi connectivity index (χ3v) is 8.93. The van der Waals surface area contributed by atoms with Gasteiger partial charge in [0.2, 0.25) is 0 Å². The molecule has 1 unspecified atom stereocenters. The van der Waals surface area contributed by atoms with Gasteiger partial charge in [0.15, 0.2) is 0 Å². The predicted octanol–water partition coefficient (Wildman–Crippen LogP) is 5.28. The number of hydrogen-bond acceptors (Lipinski definition) is 6. The summed E-state index contributed by atoms with van der Waals surface area (Å²) >= 11 is 0. The monoisotopic (exact) mass is 527 g/mol.